The Morgan fingerprint density at radius 1 is 1.37 bits per heavy atom. The van der Waals surface area contributed by atoms with Crippen molar-refractivity contribution in [1.82, 2.24) is 19.9 Å². The molecule has 0 aliphatic heterocycles. The number of hydrogen-bond donors (Lipinski definition) is 3. The van der Waals surface area contributed by atoms with Gasteiger partial charge in [-0.05, 0) is 37.1 Å². The lowest BCUT2D eigenvalue weighted by molar-refractivity contribution is -0.123. The van der Waals surface area contributed by atoms with Crippen molar-refractivity contribution in [1.29, 1.82) is 0 Å². The molecule has 27 heavy (non-hydrogen) atoms. The summed E-state index contributed by atoms with van der Waals surface area (Å²) < 4.78 is 7.13. The smallest absolute Gasteiger partial charge is 0.234 e. The summed E-state index contributed by atoms with van der Waals surface area (Å²) in [5.74, 6) is 0.887. The highest BCUT2D eigenvalue weighted by molar-refractivity contribution is 5.90. The first-order valence-corrected chi connectivity index (χ1v) is 8.78. The van der Waals surface area contributed by atoms with Gasteiger partial charge in [-0.25, -0.2) is 9.50 Å². The van der Waals surface area contributed by atoms with Crippen LogP contribution < -0.4 is 15.8 Å². The highest BCUT2D eigenvalue weighted by Gasteiger charge is 2.54. The normalized spacial score (nSPS) is 14.9. The first-order chi connectivity index (χ1) is 13.1. The third-order valence-electron chi connectivity index (χ3n) is 4.86. The van der Waals surface area contributed by atoms with Gasteiger partial charge in [-0.15, -0.1) is 5.10 Å². The number of amides is 1. The summed E-state index contributed by atoms with van der Waals surface area (Å²) in [6.45, 7) is 0.111. The van der Waals surface area contributed by atoms with Gasteiger partial charge in [0.2, 0.25) is 5.91 Å². The number of carbonyl (C=O) groups is 1. The number of rotatable bonds is 6. The molecule has 1 aliphatic carbocycles. The summed E-state index contributed by atoms with van der Waals surface area (Å²) in [5.41, 5.74) is 8.09. The van der Waals surface area contributed by atoms with E-state index in [1.54, 1.807) is 11.6 Å². The second-order valence-electron chi connectivity index (χ2n) is 6.64. The van der Waals surface area contributed by atoms with E-state index in [2.05, 4.69) is 15.4 Å². The van der Waals surface area contributed by atoms with Crippen LogP contribution in [0.2, 0.25) is 0 Å². The van der Waals surface area contributed by atoms with Gasteiger partial charge in [0.1, 0.15) is 5.41 Å². The van der Waals surface area contributed by atoms with Crippen molar-refractivity contribution in [2.24, 2.45) is 0 Å². The second kappa shape index (κ2) is 6.55. The van der Waals surface area contributed by atoms with Gasteiger partial charge < -0.3 is 20.9 Å². The molecule has 2 heterocycles. The van der Waals surface area contributed by atoms with Crippen LogP contribution in [0.15, 0.2) is 36.4 Å². The molecule has 0 unspecified atom stereocenters. The van der Waals surface area contributed by atoms with Gasteiger partial charge >= 0.3 is 0 Å². The molecule has 4 N–H and O–H groups in total. The fraction of sp³-hybridized carbons (Fsp3) is 0.316. The third-order valence-corrected chi connectivity index (χ3v) is 4.86. The van der Waals surface area contributed by atoms with E-state index in [1.807, 2.05) is 36.4 Å². The van der Waals surface area contributed by atoms with Gasteiger partial charge in [-0.2, -0.15) is 0 Å². The summed E-state index contributed by atoms with van der Waals surface area (Å²) in [6.07, 6.45) is 1.36. The van der Waals surface area contributed by atoms with E-state index >= 15 is 0 Å². The molecule has 2 aromatic heterocycles. The first kappa shape index (κ1) is 17.3. The van der Waals surface area contributed by atoms with E-state index < -0.39 is 5.41 Å². The number of hydrogen-bond acceptors (Lipinski definition) is 6. The van der Waals surface area contributed by atoms with Crippen LogP contribution in [0.4, 0.5) is 5.69 Å². The Morgan fingerprint density at radius 3 is 2.85 bits per heavy atom. The van der Waals surface area contributed by atoms with E-state index in [1.165, 1.54) is 0 Å². The zero-order valence-electron chi connectivity index (χ0n) is 15.0. The first-order valence-electron chi connectivity index (χ1n) is 8.78. The van der Waals surface area contributed by atoms with E-state index in [4.69, 9.17) is 15.6 Å². The number of anilines is 1. The molecule has 8 heteroatoms. The summed E-state index contributed by atoms with van der Waals surface area (Å²) in [6, 6.07) is 11.2. The highest BCUT2D eigenvalue weighted by atomic mass is 16.5. The van der Waals surface area contributed by atoms with Gasteiger partial charge in [0.25, 0.3) is 0 Å². The van der Waals surface area contributed by atoms with Crippen LogP contribution in [0, 0.1) is 0 Å². The second-order valence-corrected chi connectivity index (χ2v) is 6.64. The minimum absolute atomic E-state index is 0.103. The number of carbonyl (C=O) groups excluding carboxylic acids is 1. The predicted molar refractivity (Wildman–Crippen MR) is 100 cm³/mol. The van der Waals surface area contributed by atoms with Crippen LogP contribution >= 0.6 is 0 Å². The van der Waals surface area contributed by atoms with Crippen LogP contribution in [0.1, 0.15) is 18.7 Å². The fourth-order valence-corrected chi connectivity index (χ4v) is 3.23. The lowest BCUT2D eigenvalue weighted by Gasteiger charge is -2.10. The molecule has 1 aromatic carbocycles. The van der Waals surface area contributed by atoms with Crippen molar-refractivity contribution >= 4 is 17.2 Å². The molecule has 0 spiro atoms. The van der Waals surface area contributed by atoms with Gasteiger partial charge in [0, 0.05) is 17.8 Å². The molecular weight excluding hydrogens is 346 g/mol. The Bertz CT molecular complexity index is 1010. The minimum Gasteiger partial charge on any atom is -0.493 e. The number of fused-ring (bicyclic) bond motifs is 1. The van der Waals surface area contributed by atoms with E-state index in [9.17, 15) is 4.79 Å². The number of aromatic nitrogens is 3. The number of ether oxygens (including phenoxy) is 1. The van der Waals surface area contributed by atoms with Crippen molar-refractivity contribution in [3.8, 4) is 17.0 Å². The van der Waals surface area contributed by atoms with Crippen molar-refractivity contribution in [2.45, 2.75) is 18.3 Å². The Hall–Kier alpha value is -3.13. The highest BCUT2D eigenvalue weighted by Crippen LogP contribution is 2.47. The number of aliphatic hydroxyl groups excluding tert-OH is 1. The maximum atomic E-state index is 12.6. The largest absolute Gasteiger partial charge is 0.493 e. The number of pyridine rings is 1. The van der Waals surface area contributed by atoms with Crippen LogP contribution in [0.3, 0.4) is 0 Å². The maximum absolute atomic E-state index is 12.6. The molecule has 1 fully saturated rings. The number of nitrogens with zero attached hydrogens (tertiary/aromatic N) is 3. The van der Waals surface area contributed by atoms with Crippen molar-refractivity contribution in [3.05, 3.63) is 42.2 Å². The third kappa shape index (κ3) is 2.87. The van der Waals surface area contributed by atoms with Gasteiger partial charge in [-0.3, -0.25) is 4.79 Å². The molecular formula is C19H21N5O3. The van der Waals surface area contributed by atoms with Gasteiger partial charge in [0.15, 0.2) is 17.2 Å². The van der Waals surface area contributed by atoms with Gasteiger partial charge in [-0.1, -0.05) is 12.1 Å². The van der Waals surface area contributed by atoms with E-state index in [0.717, 1.165) is 11.3 Å². The fourth-order valence-electron chi connectivity index (χ4n) is 3.23. The predicted octanol–water partition coefficient (Wildman–Crippen LogP) is 1.13. The van der Waals surface area contributed by atoms with Crippen molar-refractivity contribution in [2.75, 3.05) is 26.0 Å². The zero-order valence-corrected chi connectivity index (χ0v) is 15.0. The molecule has 1 saturated carbocycles. The average molecular weight is 367 g/mol. The van der Waals surface area contributed by atoms with E-state index in [0.29, 0.717) is 35.8 Å². The number of nitrogen functional groups attached to an aromatic ring is 1. The molecule has 1 aliphatic rings. The molecule has 4 rings (SSSR count). The van der Waals surface area contributed by atoms with Crippen LogP contribution in [-0.4, -0.2) is 45.9 Å². The Labute approximate surface area is 156 Å². The lowest BCUT2D eigenvalue weighted by atomic mass is 10.1. The number of nitrogens with two attached hydrogens (primary N) is 1. The zero-order chi connectivity index (χ0) is 19.0. The number of aliphatic hydroxyl groups is 1. The quantitative estimate of drug-likeness (QED) is 0.563. The van der Waals surface area contributed by atoms with Crippen molar-refractivity contribution in [3.63, 3.8) is 0 Å². The lowest BCUT2D eigenvalue weighted by Crippen LogP contribution is -2.37. The molecule has 0 bridgehead atoms. The molecule has 8 nitrogen and oxygen atoms in total. The SMILES string of the molecule is COc1ccc(-c2cccc(N)c2)n2nc(C3(C(=O)NCCO)CC3)nc12. The van der Waals surface area contributed by atoms with Crippen LogP contribution in [-0.2, 0) is 10.2 Å². The maximum Gasteiger partial charge on any atom is 0.234 e. The van der Waals surface area contributed by atoms with Crippen LogP contribution in [0.5, 0.6) is 5.75 Å². The standard InChI is InChI=1S/C19H21N5O3/c1-27-15-6-5-14(12-3-2-4-13(20)11-12)24-16(15)22-17(23-24)19(7-8-19)18(26)21-9-10-25/h2-6,11,25H,7-10,20H2,1H3,(H,21,26). The monoisotopic (exact) mass is 367 g/mol. The Kier molecular flexibility index (Phi) is 4.19. The topological polar surface area (TPSA) is 115 Å². The van der Waals surface area contributed by atoms with E-state index in [-0.39, 0.29) is 19.1 Å². The molecule has 140 valence electrons. The summed E-state index contributed by atoms with van der Waals surface area (Å²) in [4.78, 5) is 17.2. The van der Waals surface area contributed by atoms with Gasteiger partial charge in [0.05, 0.1) is 19.4 Å². The number of benzene rings is 1. The molecule has 0 saturated heterocycles. The Morgan fingerprint density at radius 2 is 2.19 bits per heavy atom. The Balaban J connectivity index is 1.84. The summed E-state index contributed by atoms with van der Waals surface area (Å²) in [7, 11) is 1.57. The van der Waals surface area contributed by atoms with Crippen LogP contribution in [0.25, 0.3) is 16.9 Å². The molecule has 3 aromatic rings. The molecule has 1 amide bonds. The summed E-state index contributed by atoms with van der Waals surface area (Å²) in [5, 5.41) is 16.3. The number of methoxy groups -OCH3 is 1. The van der Waals surface area contributed by atoms with Crippen molar-refractivity contribution < 1.29 is 14.6 Å². The average Bonchev–Trinajstić information content (AvgIpc) is 3.37. The molecule has 0 atom stereocenters. The molecule has 0 radical (unpaired) electrons. The summed E-state index contributed by atoms with van der Waals surface area (Å²) >= 11 is 0. The minimum atomic E-state index is -0.737. The number of nitrogens with one attached hydrogen (secondary N) is 1.